The Labute approximate surface area is 148 Å². The van der Waals surface area contributed by atoms with E-state index in [0.29, 0.717) is 0 Å². The van der Waals surface area contributed by atoms with Crippen molar-refractivity contribution in [2.24, 2.45) is 0 Å². The zero-order valence-electron chi connectivity index (χ0n) is 14.1. The Morgan fingerprint density at radius 3 is 1.64 bits per heavy atom. The summed E-state index contributed by atoms with van der Waals surface area (Å²) < 4.78 is 0. The minimum absolute atomic E-state index is 0.964. The standard InChI is InChI=1S/C10H8N2.C6H7N.C5H5N/c1-2-7-12-10(5-1)9-4-3-6-11-8-9;1-6-4-2-3-5-7-6;1-2-4-6-5-3-1/h1-8H;2-5H,1H3;1-5H. The maximum Gasteiger partial charge on any atom is 0.0717 e. The van der Waals surface area contributed by atoms with Crippen molar-refractivity contribution in [3.05, 3.63) is 110 Å². The summed E-state index contributed by atoms with van der Waals surface area (Å²) in [5.41, 5.74) is 3.09. The molecule has 4 heterocycles. The third kappa shape index (κ3) is 7.61. The summed E-state index contributed by atoms with van der Waals surface area (Å²) >= 11 is 0. The number of pyridine rings is 4. The molecule has 0 amide bonds. The summed E-state index contributed by atoms with van der Waals surface area (Å²) in [5, 5.41) is 0. The topological polar surface area (TPSA) is 51.6 Å². The lowest BCUT2D eigenvalue weighted by Crippen LogP contribution is -1.81. The van der Waals surface area contributed by atoms with E-state index in [4.69, 9.17) is 0 Å². The Kier molecular flexibility index (Phi) is 8.03. The summed E-state index contributed by atoms with van der Waals surface area (Å²) in [4.78, 5) is 16.0. The molecule has 4 aromatic heterocycles. The first-order valence-corrected chi connectivity index (χ1v) is 7.90. The molecule has 0 spiro atoms. The van der Waals surface area contributed by atoms with E-state index in [1.807, 2.05) is 79.9 Å². The van der Waals surface area contributed by atoms with Crippen LogP contribution >= 0.6 is 0 Å². The van der Waals surface area contributed by atoms with E-state index < -0.39 is 0 Å². The average molecular weight is 328 g/mol. The molecule has 0 saturated carbocycles. The molecule has 0 bridgehead atoms. The summed E-state index contributed by atoms with van der Waals surface area (Å²) in [5.74, 6) is 0. The van der Waals surface area contributed by atoms with Crippen LogP contribution in [-0.4, -0.2) is 19.9 Å². The zero-order valence-corrected chi connectivity index (χ0v) is 14.1. The van der Waals surface area contributed by atoms with E-state index in [2.05, 4.69) is 19.9 Å². The molecule has 0 N–H and O–H groups in total. The fourth-order valence-corrected chi connectivity index (χ4v) is 1.81. The zero-order chi connectivity index (χ0) is 17.6. The van der Waals surface area contributed by atoms with E-state index in [0.717, 1.165) is 17.0 Å². The fraction of sp³-hybridized carbons (Fsp3) is 0.0476. The minimum Gasteiger partial charge on any atom is -0.265 e. The highest BCUT2D eigenvalue weighted by molar-refractivity contribution is 5.56. The molecule has 0 radical (unpaired) electrons. The fourth-order valence-electron chi connectivity index (χ4n) is 1.81. The van der Waals surface area contributed by atoms with Crippen LogP contribution in [0.4, 0.5) is 0 Å². The number of nitrogens with zero attached hydrogens (tertiary/aromatic N) is 4. The van der Waals surface area contributed by atoms with E-state index in [1.54, 1.807) is 31.0 Å². The molecule has 4 heteroatoms. The van der Waals surface area contributed by atoms with E-state index in [1.165, 1.54) is 0 Å². The van der Waals surface area contributed by atoms with Crippen LogP contribution in [-0.2, 0) is 0 Å². The van der Waals surface area contributed by atoms with Crippen molar-refractivity contribution in [3.8, 4) is 11.3 Å². The Hall–Kier alpha value is -3.40. The lowest BCUT2D eigenvalue weighted by molar-refractivity contribution is 1.20. The van der Waals surface area contributed by atoms with E-state index in [-0.39, 0.29) is 0 Å². The summed E-state index contributed by atoms with van der Waals surface area (Å²) in [6.45, 7) is 1.97. The Morgan fingerprint density at radius 2 is 1.24 bits per heavy atom. The highest BCUT2D eigenvalue weighted by Gasteiger charge is 1.94. The van der Waals surface area contributed by atoms with Crippen LogP contribution in [0.25, 0.3) is 11.3 Å². The SMILES string of the molecule is Cc1ccccn1.c1ccc(-c2cccnc2)nc1.c1ccncc1. The molecule has 0 fully saturated rings. The van der Waals surface area contributed by atoms with Gasteiger partial charge >= 0.3 is 0 Å². The largest absolute Gasteiger partial charge is 0.265 e. The van der Waals surface area contributed by atoms with Crippen LogP contribution in [0.5, 0.6) is 0 Å². The predicted octanol–water partition coefficient (Wildman–Crippen LogP) is 4.62. The summed E-state index contributed by atoms with van der Waals surface area (Å²) in [6.07, 6.45) is 10.6. The van der Waals surface area contributed by atoms with Gasteiger partial charge in [0.1, 0.15) is 0 Å². The molecular weight excluding hydrogens is 308 g/mol. The molecule has 0 aliphatic carbocycles. The van der Waals surface area contributed by atoms with Crippen LogP contribution in [0.3, 0.4) is 0 Å². The van der Waals surface area contributed by atoms with Crippen molar-refractivity contribution in [3.63, 3.8) is 0 Å². The Bertz CT molecular complexity index is 728. The van der Waals surface area contributed by atoms with Crippen molar-refractivity contribution in [2.45, 2.75) is 6.92 Å². The van der Waals surface area contributed by atoms with Crippen LogP contribution in [0.2, 0.25) is 0 Å². The quantitative estimate of drug-likeness (QED) is 0.512. The van der Waals surface area contributed by atoms with Crippen LogP contribution in [0.15, 0.2) is 104 Å². The molecule has 0 aliphatic rings. The van der Waals surface area contributed by atoms with Crippen LogP contribution in [0.1, 0.15) is 5.69 Å². The second-order valence-electron chi connectivity index (χ2n) is 4.95. The van der Waals surface area contributed by atoms with Crippen LogP contribution < -0.4 is 0 Å². The van der Waals surface area contributed by atoms with Gasteiger partial charge in [0.05, 0.1) is 5.69 Å². The monoisotopic (exact) mass is 328 g/mol. The third-order valence-electron chi connectivity index (χ3n) is 3.00. The van der Waals surface area contributed by atoms with Crippen molar-refractivity contribution < 1.29 is 0 Å². The molecule has 4 aromatic rings. The van der Waals surface area contributed by atoms with Gasteiger partial charge in [-0.3, -0.25) is 19.9 Å². The summed E-state index contributed by atoms with van der Waals surface area (Å²) in [7, 11) is 0. The van der Waals surface area contributed by atoms with Crippen molar-refractivity contribution >= 4 is 0 Å². The second-order valence-corrected chi connectivity index (χ2v) is 4.95. The molecule has 0 saturated heterocycles. The van der Waals surface area contributed by atoms with Gasteiger partial charge in [-0.15, -0.1) is 0 Å². The van der Waals surface area contributed by atoms with Crippen molar-refractivity contribution in [1.82, 2.24) is 19.9 Å². The lowest BCUT2D eigenvalue weighted by atomic mass is 10.2. The third-order valence-corrected chi connectivity index (χ3v) is 3.00. The molecule has 0 aromatic carbocycles. The first kappa shape index (κ1) is 17.9. The second kappa shape index (κ2) is 11.2. The van der Waals surface area contributed by atoms with Gasteiger partial charge in [-0.25, -0.2) is 0 Å². The van der Waals surface area contributed by atoms with Gasteiger partial charge in [0, 0.05) is 48.4 Å². The maximum atomic E-state index is 4.21. The molecule has 124 valence electrons. The molecular formula is C21H20N4. The average Bonchev–Trinajstić information content (AvgIpc) is 2.72. The van der Waals surface area contributed by atoms with Gasteiger partial charge in [0.15, 0.2) is 0 Å². The van der Waals surface area contributed by atoms with Gasteiger partial charge in [-0.1, -0.05) is 18.2 Å². The maximum absolute atomic E-state index is 4.21. The van der Waals surface area contributed by atoms with Gasteiger partial charge in [-0.05, 0) is 55.5 Å². The number of aromatic nitrogens is 4. The number of aryl methyl sites for hydroxylation is 1. The smallest absolute Gasteiger partial charge is 0.0717 e. The number of rotatable bonds is 1. The summed E-state index contributed by atoms with van der Waals surface area (Å²) in [6, 6.07) is 21.3. The first-order chi connectivity index (χ1) is 12.4. The number of hydrogen-bond donors (Lipinski definition) is 0. The van der Waals surface area contributed by atoms with Gasteiger partial charge in [-0.2, -0.15) is 0 Å². The minimum atomic E-state index is 0.964. The molecule has 4 nitrogen and oxygen atoms in total. The molecule has 0 atom stereocenters. The normalized spacial score (nSPS) is 9.00. The lowest BCUT2D eigenvalue weighted by Gasteiger charge is -1.96. The van der Waals surface area contributed by atoms with E-state index >= 15 is 0 Å². The van der Waals surface area contributed by atoms with Gasteiger partial charge < -0.3 is 0 Å². The number of hydrogen-bond acceptors (Lipinski definition) is 4. The van der Waals surface area contributed by atoms with Gasteiger partial charge in [0.2, 0.25) is 0 Å². The molecule has 0 aliphatic heterocycles. The Balaban J connectivity index is 0.000000148. The Morgan fingerprint density at radius 1 is 0.560 bits per heavy atom. The highest BCUT2D eigenvalue weighted by Crippen LogP contribution is 2.12. The molecule has 25 heavy (non-hydrogen) atoms. The predicted molar refractivity (Wildman–Crippen MR) is 101 cm³/mol. The first-order valence-electron chi connectivity index (χ1n) is 7.90. The van der Waals surface area contributed by atoms with Gasteiger partial charge in [0.25, 0.3) is 0 Å². The highest BCUT2D eigenvalue weighted by atomic mass is 14.7. The van der Waals surface area contributed by atoms with Crippen LogP contribution in [0, 0.1) is 6.92 Å². The van der Waals surface area contributed by atoms with E-state index in [9.17, 15) is 0 Å². The van der Waals surface area contributed by atoms with Crippen molar-refractivity contribution in [2.75, 3.05) is 0 Å². The molecule has 0 unspecified atom stereocenters. The molecule has 4 rings (SSSR count). The van der Waals surface area contributed by atoms with Crippen molar-refractivity contribution in [1.29, 1.82) is 0 Å².